The van der Waals surface area contributed by atoms with E-state index in [1.807, 2.05) is 122 Å². The van der Waals surface area contributed by atoms with Gasteiger partial charge in [0.05, 0.1) is 22.3 Å². The molecule has 0 fully saturated rings. The molecule has 0 saturated heterocycles. The summed E-state index contributed by atoms with van der Waals surface area (Å²) in [4.78, 5) is 10.3. The molecule has 2 aromatic heterocycles. The van der Waals surface area contributed by atoms with E-state index in [1.165, 1.54) is 0 Å². The smallest absolute Gasteiger partial charge is 0.148 e. The van der Waals surface area contributed by atoms with E-state index in [0.717, 1.165) is 72.4 Å². The van der Waals surface area contributed by atoms with Crippen molar-refractivity contribution in [1.82, 2.24) is 14.5 Å². The summed E-state index contributed by atoms with van der Waals surface area (Å²) in [5.74, 6) is -0.190. The Bertz CT molecular complexity index is 3320. The fraction of sp³-hybridized carbons (Fsp3) is 0.200. The molecule has 0 aliphatic rings. The number of hydrogen-bond donors (Lipinski definition) is 1. The van der Waals surface area contributed by atoms with Crippen LogP contribution in [0.15, 0.2) is 164 Å². The van der Waals surface area contributed by atoms with Gasteiger partial charge in [-0.25, -0.2) is 4.98 Å². The van der Waals surface area contributed by atoms with Crippen molar-refractivity contribution in [2.24, 2.45) is 0 Å². The third-order valence-electron chi connectivity index (χ3n) is 12.2. The fourth-order valence-corrected chi connectivity index (χ4v) is 8.45. The summed E-state index contributed by atoms with van der Waals surface area (Å²) in [6.45, 7) is 14.4. The first-order chi connectivity index (χ1) is 32.1. The Balaban J connectivity index is 0.00000642. The molecule has 0 atom stereocenters. The van der Waals surface area contributed by atoms with Crippen molar-refractivity contribution >= 4 is 11.0 Å². The van der Waals surface area contributed by atoms with E-state index in [1.54, 1.807) is 18.2 Å². The summed E-state index contributed by atoms with van der Waals surface area (Å²) < 4.78 is 37.4. The molecule has 0 radical (unpaired) electrons. The van der Waals surface area contributed by atoms with Crippen LogP contribution in [0.25, 0.3) is 83.9 Å². The van der Waals surface area contributed by atoms with Gasteiger partial charge >= 0.3 is 0 Å². The molecule has 0 aliphatic heterocycles. The number of benzene rings is 7. The summed E-state index contributed by atoms with van der Waals surface area (Å²) in [6.07, 6.45) is 1.83. The molecule has 328 valence electrons. The van der Waals surface area contributed by atoms with Gasteiger partial charge in [-0.2, -0.15) is 0 Å². The van der Waals surface area contributed by atoms with Crippen LogP contribution in [0.5, 0.6) is 5.75 Å². The Labute approximate surface area is 405 Å². The molecule has 7 aromatic carbocycles. The Hall–Kier alpha value is -6.35. The molecular weight excluding hydrogens is 974 g/mol. The van der Waals surface area contributed by atoms with E-state index in [2.05, 4.69) is 90.1 Å². The normalized spacial score (nSPS) is 13.1. The molecule has 4 nitrogen and oxygen atoms in total. The number of phenols is 1. The van der Waals surface area contributed by atoms with Crippen molar-refractivity contribution in [3.05, 3.63) is 192 Å². The first-order valence-electron chi connectivity index (χ1n) is 24.0. The van der Waals surface area contributed by atoms with Crippen LogP contribution in [0.1, 0.15) is 89.0 Å². The van der Waals surface area contributed by atoms with Crippen LogP contribution in [-0.4, -0.2) is 19.6 Å². The number of aromatic hydroxyl groups is 1. The number of aromatic nitrogens is 3. The largest absolute Gasteiger partial charge is 0.507 e. The first-order valence-corrected chi connectivity index (χ1v) is 22.0. The van der Waals surface area contributed by atoms with Crippen molar-refractivity contribution < 1.29 is 31.7 Å². The summed E-state index contributed by atoms with van der Waals surface area (Å²) in [7, 11) is 0. The molecule has 0 saturated carbocycles. The zero-order chi connectivity index (χ0) is 48.3. The van der Waals surface area contributed by atoms with E-state index in [0.29, 0.717) is 28.2 Å². The molecule has 0 spiro atoms. The third-order valence-corrected chi connectivity index (χ3v) is 12.2. The van der Waals surface area contributed by atoms with Crippen LogP contribution in [0.4, 0.5) is 0 Å². The topological polar surface area (TPSA) is 50.9 Å². The zero-order valence-electron chi connectivity index (χ0n) is 42.2. The van der Waals surface area contributed by atoms with Crippen molar-refractivity contribution in [2.45, 2.75) is 79.0 Å². The molecular formula is C60H56N3OPt-. The molecule has 0 aliphatic carbocycles. The Morgan fingerprint density at radius 1 is 0.600 bits per heavy atom. The van der Waals surface area contributed by atoms with Crippen molar-refractivity contribution in [2.75, 3.05) is 0 Å². The van der Waals surface area contributed by atoms with E-state index < -0.39 is 12.7 Å². The maximum absolute atomic E-state index is 11.6. The predicted molar refractivity (Wildman–Crippen MR) is 268 cm³/mol. The molecule has 1 N–H and O–H groups in total. The van der Waals surface area contributed by atoms with Crippen molar-refractivity contribution in [3.63, 3.8) is 0 Å². The van der Waals surface area contributed by atoms with Gasteiger partial charge < -0.3 is 5.11 Å². The van der Waals surface area contributed by atoms with Gasteiger partial charge in [-0.3, -0.25) is 9.55 Å². The average Bonchev–Trinajstić information content (AvgIpc) is 3.70. The first kappa shape index (κ1) is 40.2. The number of para-hydroxylation sites is 2. The van der Waals surface area contributed by atoms with Crippen molar-refractivity contribution in [3.8, 4) is 78.6 Å². The van der Waals surface area contributed by atoms with Gasteiger partial charge in [-0.1, -0.05) is 176 Å². The van der Waals surface area contributed by atoms with Crippen LogP contribution >= 0.6 is 0 Å². The summed E-state index contributed by atoms with van der Waals surface area (Å²) in [5.41, 5.74) is 14.0. The summed E-state index contributed by atoms with van der Waals surface area (Å²) >= 11 is 0. The molecule has 0 unspecified atom stereocenters. The van der Waals surface area contributed by atoms with Gasteiger partial charge in [-0.05, 0) is 104 Å². The van der Waals surface area contributed by atoms with Gasteiger partial charge in [-0.15, -0.1) is 29.3 Å². The SMILES string of the molecule is [2H]C([2H])([2H])c1cc(-n2c(-c3ccccc3O)nc3c(-c4[c-]c(-c5cc(-c6ccc(C([2H])(C)C)cc6)ccn5)cc(C(C)(C)C)c4)cccc32)c(-c2ccccc2)cc1-c1ccc(C(C)(C)C)cc1.[Pt]. The van der Waals surface area contributed by atoms with Gasteiger partial charge in [0.2, 0.25) is 0 Å². The van der Waals surface area contributed by atoms with E-state index in [9.17, 15) is 5.11 Å². The number of phenolic OH excluding ortho intramolecular Hbond substituents is 1. The number of pyridine rings is 1. The van der Waals surface area contributed by atoms with Crippen molar-refractivity contribution in [1.29, 1.82) is 0 Å². The maximum atomic E-state index is 11.6. The molecule has 9 rings (SSSR count). The van der Waals surface area contributed by atoms with Crippen LogP contribution < -0.4 is 0 Å². The minimum absolute atomic E-state index is 0. The molecule has 65 heavy (non-hydrogen) atoms. The number of aryl methyl sites for hydroxylation is 1. The van der Waals surface area contributed by atoms with E-state index in [-0.39, 0.29) is 43.2 Å². The Kier molecular flexibility index (Phi) is 11.1. The monoisotopic (exact) mass is 1030 g/mol. The standard InChI is InChI=1S/C60H56N3O.Pt/c1-38(2)40-22-24-41(25-23-40)44-30-31-61-53(36-44)46-33-45(34-48(35-46)60(7,8)9)49-19-15-20-54-57(49)62-58(50-18-13-14-21-56(50)64)63(54)55-32-39(3)51(37-52(55)42-16-11-10-12-17-42)43-26-28-47(29-27-43)59(4,5)6;/h10-32,34-38,64H,1-9H3;/q-1;/i3D3,38D;. The molecule has 0 amide bonds. The summed E-state index contributed by atoms with van der Waals surface area (Å²) in [5, 5.41) is 11.6. The van der Waals surface area contributed by atoms with E-state index in [4.69, 9.17) is 15.5 Å². The molecule has 0 bridgehead atoms. The second-order valence-corrected chi connectivity index (χ2v) is 19.0. The number of hydrogen-bond acceptors (Lipinski definition) is 3. The number of rotatable bonds is 8. The van der Waals surface area contributed by atoms with Gasteiger partial charge in [0, 0.05) is 44.0 Å². The van der Waals surface area contributed by atoms with Gasteiger partial charge in [0.15, 0.2) is 0 Å². The fourth-order valence-electron chi connectivity index (χ4n) is 8.45. The third kappa shape index (κ3) is 9.02. The number of nitrogens with zero attached hydrogens (tertiary/aromatic N) is 3. The Morgan fingerprint density at radius 2 is 1.25 bits per heavy atom. The summed E-state index contributed by atoms with van der Waals surface area (Å²) in [6, 6.07) is 55.5. The Morgan fingerprint density at radius 3 is 1.92 bits per heavy atom. The van der Waals surface area contributed by atoms with Crippen LogP contribution in [-0.2, 0) is 31.9 Å². The molecule has 9 aromatic rings. The molecule has 5 heteroatoms. The zero-order valence-corrected chi connectivity index (χ0v) is 40.5. The second kappa shape index (κ2) is 17.9. The van der Waals surface area contributed by atoms with Crippen LogP contribution in [0.3, 0.4) is 0 Å². The predicted octanol–water partition coefficient (Wildman–Crippen LogP) is 16.0. The minimum Gasteiger partial charge on any atom is -0.507 e. The van der Waals surface area contributed by atoms with Gasteiger partial charge in [0.1, 0.15) is 11.6 Å². The maximum Gasteiger partial charge on any atom is 0.148 e. The molecule has 2 heterocycles. The number of imidazole rings is 1. The number of fused-ring (bicyclic) bond motifs is 1. The van der Waals surface area contributed by atoms with Crippen LogP contribution in [0.2, 0.25) is 0 Å². The van der Waals surface area contributed by atoms with Crippen LogP contribution in [0, 0.1) is 12.9 Å². The average molecular weight is 1030 g/mol. The minimum atomic E-state index is -2.48. The second-order valence-electron chi connectivity index (χ2n) is 19.0. The van der Waals surface area contributed by atoms with E-state index >= 15 is 0 Å². The van der Waals surface area contributed by atoms with Gasteiger partial charge in [0.25, 0.3) is 0 Å². The quantitative estimate of drug-likeness (QED) is 0.154.